The summed E-state index contributed by atoms with van der Waals surface area (Å²) in [6, 6.07) is 11.5. The zero-order chi connectivity index (χ0) is 18.5. The number of hydrogen-bond donors (Lipinski definition) is 1. The average Bonchev–Trinajstić information content (AvgIpc) is 3.03. The minimum absolute atomic E-state index is 0.137. The summed E-state index contributed by atoms with van der Waals surface area (Å²) in [5.74, 6) is 0.572. The molecule has 1 aromatic carbocycles. The summed E-state index contributed by atoms with van der Waals surface area (Å²) in [4.78, 5) is 18.2. The van der Waals surface area contributed by atoms with Gasteiger partial charge in [0.25, 0.3) is 5.91 Å². The lowest BCUT2D eigenvalue weighted by molar-refractivity contribution is 0.102. The molecule has 2 heterocycles. The number of benzene rings is 1. The van der Waals surface area contributed by atoms with Crippen LogP contribution in [0.2, 0.25) is 0 Å². The first-order chi connectivity index (χ1) is 12.6. The predicted molar refractivity (Wildman–Crippen MR) is 104 cm³/mol. The highest BCUT2D eigenvalue weighted by Gasteiger charge is 2.20. The predicted octanol–water partition coefficient (Wildman–Crippen LogP) is 4.26. The summed E-state index contributed by atoms with van der Waals surface area (Å²) in [7, 11) is 1.62. The lowest BCUT2D eigenvalue weighted by Gasteiger charge is -2.11. The quantitative estimate of drug-likeness (QED) is 0.707. The van der Waals surface area contributed by atoms with Gasteiger partial charge >= 0.3 is 0 Å². The number of ether oxygens (including phenoxy) is 1. The molecule has 0 unspecified atom stereocenters. The van der Waals surface area contributed by atoms with Gasteiger partial charge in [0, 0.05) is 23.2 Å². The number of nitrogens with zero attached hydrogens (tertiary/aromatic N) is 2. The van der Waals surface area contributed by atoms with E-state index < -0.39 is 0 Å². The van der Waals surface area contributed by atoms with E-state index in [0.29, 0.717) is 17.7 Å². The van der Waals surface area contributed by atoms with Crippen molar-refractivity contribution in [3.05, 3.63) is 70.0 Å². The number of carbonyl (C=O) groups is 1. The van der Waals surface area contributed by atoms with Gasteiger partial charge in [0.05, 0.1) is 24.1 Å². The number of anilines is 1. The highest BCUT2D eigenvalue weighted by molar-refractivity contribution is 7.06. The normalized spacial score (nSPS) is 10.6. The molecule has 0 aliphatic heterocycles. The number of para-hydroxylation sites is 1. The van der Waals surface area contributed by atoms with Crippen molar-refractivity contribution in [2.45, 2.75) is 26.7 Å². The minimum Gasteiger partial charge on any atom is -0.495 e. The number of amides is 1. The maximum Gasteiger partial charge on any atom is 0.258 e. The first-order valence-corrected chi connectivity index (χ1v) is 9.23. The molecule has 1 N–H and O–H groups in total. The van der Waals surface area contributed by atoms with Crippen molar-refractivity contribution in [1.82, 2.24) is 9.36 Å². The topological polar surface area (TPSA) is 64.1 Å². The lowest BCUT2D eigenvalue weighted by Crippen LogP contribution is -2.15. The average molecular weight is 367 g/mol. The number of hydrogen-bond acceptors (Lipinski definition) is 5. The highest BCUT2D eigenvalue weighted by Crippen LogP contribution is 2.26. The fourth-order valence-electron chi connectivity index (χ4n) is 2.86. The summed E-state index contributed by atoms with van der Waals surface area (Å²) in [5, 5.41) is 3.04. The fourth-order valence-corrected chi connectivity index (χ4v) is 3.73. The first-order valence-electron chi connectivity index (χ1n) is 8.46. The van der Waals surface area contributed by atoms with E-state index in [0.717, 1.165) is 33.9 Å². The Hall–Kier alpha value is -2.73. The van der Waals surface area contributed by atoms with E-state index in [-0.39, 0.29) is 5.91 Å². The van der Waals surface area contributed by atoms with Crippen LogP contribution in [-0.4, -0.2) is 22.4 Å². The Balaban J connectivity index is 1.89. The van der Waals surface area contributed by atoms with Gasteiger partial charge in [0.15, 0.2) is 0 Å². The largest absolute Gasteiger partial charge is 0.495 e. The SMILES string of the molecule is CCc1ccccc1NC(=O)c1c(C)nsc1Cc1ncccc1OC. The molecule has 6 heteroatoms. The molecule has 5 nitrogen and oxygen atoms in total. The molecule has 0 saturated heterocycles. The minimum atomic E-state index is -0.137. The van der Waals surface area contributed by atoms with Gasteiger partial charge in [-0.1, -0.05) is 25.1 Å². The second-order valence-electron chi connectivity index (χ2n) is 5.86. The summed E-state index contributed by atoms with van der Waals surface area (Å²) in [6.45, 7) is 3.93. The van der Waals surface area contributed by atoms with Crippen LogP contribution in [-0.2, 0) is 12.8 Å². The summed E-state index contributed by atoms with van der Waals surface area (Å²) < 4.78 is 9.76. The van der Waals surface area contributed by atoms with Crippen LogP contribution in [0.3, 0.4) is 0 Å². The molecule has 1 amide bonds. The van der Waals surface area contributed by atoms with E-state index in [1.165, 1.54) is 11.5 Å². The molecule has 0 atom stereocenters. The molecule has 3 aromatic rings. The number of aromatic nitrogens is 2. The van der Waals surface area contributed by atoms with Crippen LogP contribution in [0.15, 0.2) is 42.6 Å². The third-order valence-electron chi connectivity index (χ3n) is 4.20. The zero-order valence-corrected chi connectivity index (χ0v) is 15.9. The van der Waals surface area contributed by atoms with Crippen LogP contribution in [0.4, 0.5) is 5.69 Å². The second-order valence-corrected chi connectivity index (χ2v) is 6.72. The number of methoxy groups -OCH3 is 1. The van der Waals surface area contributed by atoms with Gasteiger partial charge in [-0.25, -0.2) is 0 Å². The molecule has 0 saturated carbocycles. The zero-order valence-electron chi connectivity index (χ0n) is 15.1. The van der Waals surface area contributed by atoms with Crippen LogP contribution in [0.25, 0.3) is 0 Å². The molecule has 0 radical (unpaired) electrons. The maximum absolute atomic E-state index is 12.9. The van der Waals surface area contributed by atoms with Crippen LogP contribution in [0, 0.1) is 6.92 Å². The van der Waals surface area contributed by atoms with Crippen molar-refractivity contribution in [3.8, 4) is 5.75 Å². The molecule has 26 heavy (non-hydrogen) atoms. The third kappa shape index (κ3) is 3.75. The fraction of sp³-hybridized carbons (Fsp3) is 0.250. The molecular weight excluding hydrogens is 346 g/mol. The van der Waals surface area contributed by atoms with Crippen molar-refractivity contribution in [1.29, 1.82) is 0 Å². The number of nitrogens with one attached hydrogen (secondary N) is 1. The summed E-state index contributed by atoms with van der Waals surface area (Å²) >= 11 is 1.33. The van der Waals surface area contributed by atoms with Crippen molar-refractivity contribution < 1.29 is 9.53 Å². The molecule has 0 bridgehead atoms. The lowest BCUT2D eigenvalue weighted by atomic mass is 10.1. The second kappa shape index (κ2) is 8.10. The van der Waals surface area contributed by atoms with Gasteiger partial charge in [-0.2, -0.15) is 4.37 Å². The molecule has 0 fully saturated rings. The molecule has 0 spiro atoms. The van der Waals surface area contributed by atoms with E-state index in [9.17, 15) is 4.79 Å². The first kappa shape index (κ1) is 18.1. The molecule has 0 aliphatic carbocycles. The summed E-state index contributed by atoms with van der Waals surface area (Å²) in [6.07, 6.45) is 3.09. The Morgan fingerprint density at radius 1 is 1.23 bits per heavy atom. The Morgan fingerprint density at radius 3 is 2.81 bits per heavy atom. The maximum atomic E-state index is 12.9. The van der Waals surface area contributed by atoms with E-state index >= 15 is 0 Å². The van der Waals surface area contributed by atoms with Gasteiger partial charge < -0.3 is 10.1 Å². The monoisotopic (exact) mass is 367 g/mol. The van der Waals surface area contributed by atoms with Crippen LogP contribution in [0.1, 0.15) is 39.1 Å². The van der Waals surface area contributed by atoms with Gasteiger partial charge in [-0.15, -0.1) is 0 Å². The highest BCUT2D eigenvalue weighted by atomic mass is 32.1. The molecule has 134 valence electrons. The van der Waals surface area contributed by atoms with Gasteiger partial charge in [0.1, 0.15) is 5.75 Å². The Bertz CT molecular complexity index is 921. The van der Waals surface area contributed by atoms with Gasteiger partial charge in [-0.05, 0) is 48.6 Å². The number of pyridine rings is 1. The van der Waals surface area contributed by atoms with E-state index in [4.69, 9.17) is 4.74 Å². The number of aryl methyl sites for hydroxylation is 2. The number of carbonyl (C=O) groups excluding carboxylic acids is 1. The summed E-state index contributed by atoms with van der Waals surface area (Å²) in [5.41, 5.74) is 4.09. The Morgan fingerprint density at radius 2 is 2.04 bits per heavy atom. The molecule has 2 aromatic heterocycles. The van der Waals surface area contributed by atoms with Crippen molar-refractivity contribution in [2.75, 3.05) is 12.4 Å². The van der Waals surface area contributed by atoms with E-state index in [1.807, 2.05) is 43.3 Å². The Kier molecular flexibility index (Phi) is 5.63. The van der Waals surface area contributed by atoms with Gasteiger partial charge in [0.2, 0.25) is 0 Å². The van der Waals surface area contributed by atoms with Crippen LogP contribution in [0.5, 0.6) is 5.75 Å². The van der Waals surface area contributed by atoms with Crippen molar-refractivity contribution in [3.63, 3.8) is 0 Å². The van der Waals surface area contributed by atoms with Gasteiger partial charge in [-0.3, -0.25) is 9.78 Å². The third-order valence-corrected chi connectivity index (χ3v) is 5.14. The standard InChI is InChI=1S/C20H21N3O2S/c1-4-14-8-5-6-9-15(14)22-20(24)19-13(2)23-26-18(19)12-16-17(25-3)10-7-11-21-16/h5-11H,4,12H2,1-3H3,(H,22,24). The van der Waals surface area contributed by atoms with E-state index in [2.05, 4.69) is 21.6 Å². The van der Waals surface area contributed by atoms with Crippen LogP contribution < -0.4 is 10.1 Å². The smallest absolute Gasteiger partial charge is 0.258 e. The van der Waals surface area contributed by atoms with Crippen molar-refractivity contribution in [2.24, 2.45) is 0 Å². The molecular formula is C20H21N3O2S. The van der Waals surface area contributed by atoms with Crippen molar-refractivity contribution >= 4 is 23.1 Å². The molecule has 3 rings (SSSR count). The Labute approximate surface area is 157 Å². The van der Waals surface area contributed by atoms with Crippen LogP contribution >= 0.6 is 11.5 Å². The molecule has 0 aliphatic rings. The number of rotatable bonds is 6. The van der Waals surface area contributed by atoms with E-state index in [1.54, 1.807) is 13.3 Å².